The molecule has 0 aliphatic carbocycles. The van der Waals surface area contributed by atoms with Crippen LogP contribution in [0.15, 0.2) is 59.1 Å². The molecule has 0 aliphatic rings. The molecule has 2 rings (SSSR count). The minimum atomic E-state index is 0.447. The third kappa shape index (κ3) is 3.77. The maximum atomic E-state index is 11.2. The predicted molar refractivity (Wildman–Crippen MR) is 86.6 cm³/mol. The molecule has 0 radical (unpaired) electrons. The lowest BCUT2D eigenvalue weighted by Gasteiger charge is -1.98. The van der Waals surface area contributed by atoms with Crippen molar-refractivity contribution in [3.05, 3.63) is 75.8 Å². The summed E-state index contributed by atoms with van der Waals surface area (Å²) in [5.74, 6) is 0. The van der Waals surface area contributed by atoms with E-state index in [0.717, 1.165) is 15.6 Å². The smallest absolute Gasteiger partial charge is 0.0991 e. The van der Waals surface area contributed by atoms with Gasteiger partial charge in [-0.25, -0.2) is 4.21 Å². The number of hydrogen-bond acceptors (Lipinski definition) is 2. The van der Waals surface area contributed by atoms with Gasteiger partial charge < -0.3 is 0 Å². The number of rotatable bonds is 3. The summed E-state index contributed by atoms with van der Waals surface area (Å²) < 4.78 is 12.2. The normalized spacial score (nSPS) is 10.2. The van der Waals surface area contributed by atoms with Crippen LogP contribution in [-0.2, 0) is 11.3 Å². The van der Waals surface area contributed by atoms with E-state index in [1.54, 1.807) is 30.3 Å². The molecule has 98 valence electrons. The van der Waals surface area contributed by atoms with E-state index in [-0.39, 0.29) is 0 Å². The van der Waals surface area contributed by atoms with E-state index in [9.17, 15) is 4.21 Å². The number of halogens is 1. The molecule has 0 aliphatic heterocycles. The zero-order valence-electron chi connectivity index (χ0n) is 10.4. The van der Waals surface area contributed by atoms with Crippen LogP contribution in [0.2, 0.25) is 0 Å². The minimum absolute atomic E-state index is 0.447. The molecule has 0 bridgehead atoms. The van der Waals surface area contributed by atoms with E-state index < -0.39 is 0 Å². The lowest BCUT2D eigenvalue weighted by Crippen LogP contribution is -1.95. The zero-order chi connectivity index (χ0) is 14.4. The number of allylic oxidation sites excluding steroid dienone is 1. The summed E-state index contributed by atoms with van der Waals surface area (Å²) in [5, 5.41) is 8.76. The highest BCUT2D eigenvalue weighted by Gasteiger charge is 1.99. The molecule has 0 atom stereocenters. The Morgan fingerprint density at radius 1 is 1.10 bits per heavy atom. The van der Waals surface area contributed by atoms with Crippen LogP contribution in [0, 0.1) is 11.3 Å². The Kier molecular flexibility index (Phi) is 5.05. The number of hydrogen-bond donors (Lipinski definition) is 0. The van der Waals surface area contributed by atoms with Crippen molar-refractivity contribution in [3.8, 4) is 6.07 Å². The van der Waals surface area contributed by atoms with Crippen molar-refractivity contribution in [3.63, 3.8) is 0 Å². The highest BCUT2D eigenvalue weighted by Crippen LogP contribution is 2.12. The van der Waals surface area contributed by atoms with Gasteiger partial charge in [-0.3, -0.25) is 0 Å². The first kappa shape index (κ1) is 14.4. The Morgan fingerprint density at radius 3 is 2.30 bits per heavy atom. The first-order valence-corrected chi connectivity index (χ1v) is 7.37. The van der Waals surface area contributed by atoms with Crippen molar-refractivity contribution in [2.75, 3.05) is 0 Å². The van der Waals surface area contributed by atoms with Crippen LogP contribution in [0.3, 0.4) is 0 Å². The average molecular weight is 344 g/mol. The van der Waals surface area contributed by atoms with Crippen LogP contribution in [0.5, 0.6) is 0 Å². The Morgan fingerprint density at radius 2 is 1.75 bits per heavy atom. The molecule has 0 aromatic heterocycles. The second-order valence-electron chi connectivity index (χ2n) is 4.02. The van der Waals surface area contributed by atoms with Crippen LogP contribution in [-0.4, -0.2) is 9.07 Å². The van der Waals surface area contributed by atoms with Crippen molar-refractivity contribution < 1.29 is 4.21 Å². The summed E-state index contributed by atoms with van der Waals surface area (Å²) in [6.45, 7) is 0. The Bertz CT molecular complexity index is 721. The molecule has 4 heteroatoms. The number of nitriles is 1. The van der Waals surface area contributed by atoms with Gasteiger partial charge in [0.1, 0.15) is 0 Å². The third-order valence-corrected chi connectivity index (χ3v) is 3.77. The molecule has 20 heavy (non-hydrogen) atoms. The van der Waals surface area contributed by atoms with Gasteiger partial charge in [-0.15, -0.1) is 0 Å². The molecule has 0 heterocycles. The average Bonchev–Trinajstić information content (AvgIpc) is 2.50. The van der Waals surface area contributed by atoms with E-state index >= 15 is 0 Å². The van der Waals surface area contributed by atoms with Crippen molar-refractivity contribution in [2.45, 2.75) is 0 Å². The quantitative estimate of drug-likeness (QED) is 0.483. The van der Waals surface area contributed by atoms with Gasteiger partial charge in [0.05, 0.1) is 27.8 Å². The van der Waals surface area contributed by atoms with E-state index in [0.29, 0.717) is 21.7 Å². The second kappa shape index (κ2) is 6.99. The molecule has 0 N–H and O–H groups in total. The van der Waals surface area contributed by atoms with Gasteiger partial charge in [-0.2, -0.15) is 5.26 Å². The van der Waals surface area contributed by atoms with Gasteiger partial charge in [0.25, 0.3) is 0 Å². The summed E-state index contributed by atoms with van der Waals surface area (Å²) in [7, 11) is 0. The Balaban J connectivity index is 2.23. The molecule has 0 spiro atoms. The molecule has 0 saturated carbocycles. The SMILES string of the molecule is N#Cc1ccc(C(C=Cc2ccc(Br)cc2)=S=O)cc1. The van der Waals surface area contributed by atoms with E-state index in [4.69, 9.17) is 5.26 Å². The molecule has 0 saturated heterocycles. The van der Waals surface area contributed by atoms with Gasteiger partial charge in [0.2, 0.25) is 0 Å². The number of nitrogens with zero attached hydrogens (tertiary/aromatic N) is 1. The monoisotopic (exact) mass is 343 g/mol. The zero-order valence-corrected chi connectivity index (χ0v) is 12.8. The Hall–Kier alpha value is -1.96. The first-order chi connectivity index (χ1) is 9.72. The van der Waals surface area contributed by atoms with Crippen molar-refractivity contribution in [2.24, 2.45) is 0 Å². The van der Waals surface area contributed by atoms with Gasteiger partial charge in [-0.05, 0) is 41.5 Å². The number of benzene rings is 2. The second-order valence-corrected chi connectivity index (χ2v) is 5.54. The summed E-state index contributed by atoms with van der Waals surface area (Å²) in [4.78, 5) is 0.623. The highest BCUT2D eigenvalue weighted by atomic mass is 79.9. The van der Waals surface area contributed by atoms with Crippen LogP contribution >= 0.6 is 15.9 Å². The van der Waals surface area contributed by atoms with Crippen LogP contribution in [0.4, 0.5) is 0 Å². The van der Waals surface area contributed by atoms with Crippen LogP contribution in [0.1, 0.15) is 16.7 Å². The van der Waals surface area contributed by atoms with E-state index in [1.807, 2.05) is 30.3 Å². The van der Waals surface area contributed by atoms with E-state index in [2.05, 4.69) is 22.0 Å². The first-order valence-electron chi connectivity index (χ1n) is 5.84. The highest BCUT2D eigenvalue weighted by molar-refractivity contribution is 9.10. The molecule has 2 nitrogen and oxygen atoms in total. The minimum Gasteiger partial charge on any atom is -0.212 e. The molecule has 2 aromatic rings. The molecule has 0 fully saturated rings. The summed E-state index contributed by atoms with van der Waals surface area (Å²) in [6, 6.07) is 16.9. The molecular formula is C16H10BrNOS. The Labute approximate surface area is 129 Å². The van der Waals surface area contributed by atoms with Gasteiger partial charge in [0.15, 0.2) is 0 Å². The summed E-state index contributed by atoms with van der Waals surface area (Å²) in [5.41, 5.74) is 2.42. The fourth-order valence-electron chi connectivity index (χ4n) is 1.63. The molecule has 2 aromatic carbocycles. The maximum Gasteiger partial charge on any atom is 0.0991 e. The predicted octanol–water partition coefficient (Wildman–Crippen LogP) is 3.77. The fraction of sp³-hybridized carbons (Fsp3) is 0. The lowest BCUT2D eigenvalue weighted by atomic mass is 10.1. The van der Waals surface area contributed by atoms with Crippen LogP contribution in [0.25, 0.3) is 6.08 Å². The molecular weight excluding hydrogens is 334 g/mol. The van der Waals surface area contributed by atoms with Gasteiger partial charge >= 0.3 is 0 Å². The third-order valence-electron chi connectivity index (χ3n) is 2.69. The summed E-state index contributed by atoms with van der Waals surface area (Å²) >= 11 is 3.83. The fourth-order valence-corrected chi connectivity index (χ4v) is 2.25. The molecule has 0 amide bonds. The standard InChI is InChI=1S/C16H10BrNOS/c17-15-8-3-12(4-9-15)5-10-16(20-19)14-6-1-13(11-18)2-7-14/h1-10H. The van der Waals surface area contributed by atoms with Crippen molar-refractivity contribution >= 4 is 38.1 Å². The lowest BCUT2D eigenvalue weighted by molar-refractivity contribution is 0.701. The topological polar surface area (TPSA) is 40.9 Å². The van der Waals surface area contributed by atoms with Crippen molar-refractivity contribution in [1.29, 1.82) is 5.26 Å². The van der Waals surface area contributed by atoms with Crippen molar-refractivity contribution in [1.82, 2.24) is 0 Å². The van der Waals surface area contributed by atoms with E-state index in [1.165, 1.54) is 0 Å². The summed E-state index contributed by atoms with van der Waals surface area (Å²) in [6.07, 6.45) is 3.69. The van der Waals surface area contributed by atoms with Crippen LogP contribution < -0.4 is 0 Å². The molecule has 0 unspecified atom stereocenters. The maximum absolute atomic E-state index is 11.2. The van der Waals surface area contributed by atoms with Gasteiger partial charge in [-0.1, -0.05) is 46.3 Å². The largest absolute Gasteiger partial charge is 0.212 e. The van der Waals surface area contributed by atoms with Gasteiger partial charge in [0, 0.05) is 4.47 Å².